The topological polar surface area (TPSA) is 26.3 Å². The molecule has 2 fully saturated rings. The summed E-state index contributed by atoms with van der Waals surface area (Å²) in [5, 5.41) is 0.477. The molecule has 2 atom stereocenters. The van der Waals surface area contributed by atoms with Gasteiger partial charge in [-0.25, -0.2) is 0 Å². The summed E-state index contributed by atoms with van der Waals surface area (Å²) in [6.07, 6.45) is 2.92. The summed E-state index contributed by atoms with van der Waals surface area (Å²) in [4.78, 5) is 11.3. The average Bonchev–Trinajstić information content (AvgIpc) is 2.06. The van der Waals surface area contributed by atoms with Gasteiger partial charge in [0.2, 0.25) is 0 Å². The van der Waals surface area contributed by atoms with E-state index in [0.717, 1.165) is 25.2 Å². The van der Waals surface area contributed by atoms with Crippen LogP contribution in [0.2, 0.25) is 0 Å². The summed E-state index contributed by atoms with van der Waals surface area (Å²) in [6, 6.07) is 0. The normalized spacial score (nSPS) is 38.4. The van der Waals surface area contributed by atoms with Crippen LogP contribution in [0.5, 0.6) is 0 Å². The molecule has 1 heterocycles. The average molecular weight is 172 g/mol. The number of thioether (sulfide) groups is 1. The fourth-order valence-electron chi connectivity index (χ4n) is 1.72. The highest BCUT2D eigenvalue weighted by atomic mass is 32.2. The van der Waals surface area contributed by atoms with E-state index >= 15 is 0 Å². The van der Waals surface area contributed by atoms with Crippen molar-refractivity contribution >= 4 is 17.5 Å². The predicted octanol–water partition coefficient (Wildman–Crippen LogP) is 1.24. The summed E-state index contributed by atoms with van der Waals surface area (Å²) in [5.74, 6) is 1.39. The maximum absolute atomic E-state index is 11.3. The van der Waals surface area contributed by atoms with Gasteiger partial charge in [0.1, 0.15) is 6.10 Å². The van der Waals surface area contributed by atoms with Gasteiger partial charge in [0.15, 0.2) is 5.78 Å². The molecule has 0 amide bonds. The molecule has 2 aliphatic rings. The SMILES string of the molecule is O=C1CCCC2SCCOC12. The lowest BCUT2D eigenvalue weighted by Crippen LogP contribution is -2.41. The van der Waals surface area contributed by atoms with Crippen LogP contribution in [0.3, 0.4) is 0 Å². The second-order valence-corrected chi connectivity index (χ2v) is 4.41. The Bertz CT molecular complexity index is 167. The molecule has 2 rings (SSSR count). The number of fused-ring (bicyclic) bond motifs is 1. The Balaban J connectivity index is 2.05. The van der Waals surface area contributed by atoms with Crippen molar-refractivity contribution < 1.29 is 9.53 Å². The Labute approximate surface area is 70.7 Å². The highest BCUT2D eigenvalue weighted by Crippen LogP contribution is 2.31. The quantitative estimate of drug-likeness (QED) is 0.550. The van der Waals surface area contributed by atoms with Crippen LogP contribution in [0.4, 0.5) is 0 Å². The minimum absolute atomic E-state index is 0.0532. The number of carbonyl (C=O) groups excluding carboxylic acids is 1. The Hall–Kier alpha value is -0.0200. The molecule has 2 unspecified atom stereocenters. The van der Waals surface area contributed by atoms with Crippen LogP contribution in [0.15, 0.2) is 0 Å². The standard InChI is InChI=1S/C8H12O2S/c9-6-2-1-3-7-8(6)10-4-5-11-7/h7-8H,1-5H2. The van der Waals surface area contributed by atoms with E-state index < -0.39 is 0 Å². The monoisotopic (exact) mass is 172 g/mol. The zero-order valence-corrected chi connectivity index (χ0v) is 7.23. The molecule has 0 N–H and O–H groups in total. The van der Waals surface area contributed by atoms with Gasteiger partial charge in [-0.2, -0.15) is 11.8 Å². The van der Waals surface area contributed by atoms with Crippen molar-refractivity contribution in [2.75, 3.05) is 12.4 Å². The molecule has 1 aliphatic heterocycles. The molecule has 1 saturated carbocycles. The van der Waals surface area contributed by atoms with Crippen LogP contribution in [0.1, 0.15) is 19.3 Å². The summed E-state index contributed by atoms with van der Waals surface area (Å²) >= 11 is 1.91. The lowest BCUT2D eigenvalue weighted by Gasteiger charge is -2.33. The number of ether oxygens (including phenoxy) is 1. The van der Waals surface area contributed by atoms with Crippen molar-refractivity contribution in [2.24, 2.45) is 0 Å². The molecule has 0 radical (unpaired) electrons. The minimum Gasteiger partial charge on any atom is -0.368 e. The van der Waals surface area contributed by atoms with E-state index in [-0.39, 0.29) is 6.10 Å². The summed E-state index contributed by atoms with van der Waals surface area (Å²) in [5.41, 5.74) is 0. The van der Waals surface area contributed by atoms with Crippen molar-refractivity contribution in [3.8, 4) is 0 Å². The highest BCUT2D eigenvalue weighted by Gasteiger charge is 2.34. The van der Waals surface area contributed by atoms with Crippen LogP contribution in [0.25, 0.3) is 0 Å². The summed E-state index contributed by atoms with van der Waals surface area (Å²) < 4.78 is 5.42. The van der Waals surface area contributed by atoms with Gasteiger partial charge in [-0.1, -0.05) is 0 Å². The third-order valence-corrected chi connectivity index (χ3v) is 3.59. The van der Waals surface area contributed by atoms with Crippen molar-refractivity contribution in [3.63, 3.8) is 0 Å². The summed E-state index contributed by atoms with van der Waals surface area (Å²) in [6.45, 7) is 0.761. The van der Waals surface area contributed by atoms with E-state index in [0.29, 0.717) is 11.0 Å². The molecule has 0 aromatic carbocycles. The van der Waals surface area contributed by atoms with Crippen molar-refractivity contribution in [1.82, 2.24) is 0 Å². The Morgan fingerprint density at radius 2 is 2.45 bits per heavy atom. The first-order valence-corrected chi connectivity index (χ1v) is 5.19. The minimum atomic E-state index is -0.0532. The largest absolute Gasteiger partial charge is 0.368 e. The van der Waals surface area contributed by atoms with Gasteiger partial charge in [-0.05, 0) is 12.8 Å². The van der Waals surface area contributed by atoms with Crippen molar-refractivity contribution in [2.45, 2.75) is 30.6 Å². The smallest absolute Gasteiger partial charge is 0.162 e. The molecule has 1 saturated heterocycles. The van der Waals surface area contributed by atoms with E-state index in [4.69, 9.17) is 4.74 Å². The number of Topliss-reactive ketones (excluding diaryl/α,β-unsaturated/α-hetero) is 1. The second kappa shape index (κ2) is 3.15. The highest BCUT2D eigenvalue weighted by molar-refractivity contribution is 8.00. The fraction of sp³-hybridized carbons (Fsp3) is 0.875. The molecule has 0 aromatic rings. The lowest BCUT2D eigenvalue weighted by molar-refractivity contribution is -0.132. The van der Waals surface area contributed by atoms with E-state index in [1.54, 1.807) is 0 Å². The fourth-order valence-corrected chi connectivity index (χ4v) is 2.96. The molecule has 0 aromatic heterocycles. The van der Waals surface area contributed by atoms with E-state index in [2.05, 4.69) is 0 Å². The van der Waals surface area contributed by atoms with E-state index in [1.165, 1.54) is 6.42 Å². The first kappa shape index (κ1) is 7.62. The molecule has 2 nitrogen and oxygen atoms in total. The molecular formula is C8H12O2S. The molecular weight excluding hydrogens is 160 g/mol. The van der Waals surface area contributed by atoms with E-state index in [9.17, 15) is 4.79 Å². The first-order valence-electron chi connectivity index (χ1n) is 4.14. The van der Waals surface area contributed by atoms with Crippen molar-refractivity contribution in [3.05, 3.63) is 0 Å². The molecule has 1 aliphatic carbocycles. The number of hydrogen-bond acceptors (Lipinski definition) is 3. The third kappa shape index (κ3) is 1.44. The van der Waals surface area contributed by atoms with Gasteiger partial charge >= 0.3 is 0 Å². The number of rotatable bonds is 0. The lowest BCUT2D eigenvalue weighted by atomic mass is 9.95. The first-order chi connectivity index (χ1) is 5.38. The van der Waals surface area contributed by atoms with E-state index in [1.807, 2.05) is 11.8 Å². The Morgan fingerprint density at radius 1 is 1.55 bits per heavy atom. The van der Waals surface area contributed by atoms with Crippen molar-refractivity contribution in [1.29, 1.82) is 0 Å². The van der Waals surface area contributed by atoms with Crippen LogP contribution in [-0.2, 0) is 9.53 Å². The van der Waals surface area contributed by atoms with Gasteiger partial charge in [0.05, 0.1) is 6.61 Å². The Morgan fingerprint density at radius 3 is 3.27 bits per heavy atom. The van der Waals surface area contributed by atoms with Gasteiger partial charge in [-0.15, -0.1) is 0 Å². The molecule has 11 heavy (non-hydrogen) atoms. The van der Waals surface area contributed by atoms with Crippen LogP contribution >= 0.6 is 11.8 Å². The Kier molecular flexibility index (Phi) is 2.18. The molecule has 62 valence electrons. The third-order valence-electron chi connectivity index (χ3n) is 2.28. The maximum Gasteiger partial charge on any atom is 0.162 e. The van der Waals surface area contributed by atoms with Crippen LogP contribution < -0.4 is 0 Å². The number of hydrogen-bond donors (Lipinski definition) is 0. The van der Waals surface area contributed by atoms with Crippen LogP contribution in [-0.4, -0.2) is 29.5 Å². The molecule has 0 bridgehead atoms. The van der Waals surface area contributed by atoms with Gasteiger partial charge in [0, 0.05) is 17.4 Å². The van der Waals surface area contributed by atoms with Gasteiger partial charge in [-0.3, -0.25) is 4.79 Å². The number of carbonyl (C=O) groups is 1. The predicted molar refractivity (Wildman–Crippen MR) is 44.8 cm³/mol. The second-order valence-electron chi connectivity index (χ2n) is 3.06. The number of ketones is 1. The zero-order chi connectivity index (χ0) is 7.68. The van der Waals surface area contributed by atoms with Gasteiger partial charge in [0.25, 0.3) is 0 Å². The van der Waals surface area contributed by atoms with Gasteiger partial charge < -0.3 is 4.74 Å². The van der Waals surface area contributed by atoms with Crippen LogP contribution in [0, 0.1) is 0 Å². The summed E-state index contributed by atoms with van der Waals surface area (Å²) in [7, 11) is 0. The maximum atomic E-state index is 11.3. The molecule has 0 spiro atoms. The molecule has 3 heteroatoms. The zero-order valence-electron chi connectivity index (χ0n) is 6.41.